The minimum Gasteiger partial charge on any atom is -0.497 e. The molecule has 0 radical (unpaired) electrons. The number of hydrogen-bond donors (Lipinski definition) is 3. The first-order valence-electron chi connectivity index (χ1n) is 9.25. The fourth-order valence-electron chi connectivity index (χ4n) is 3.53. The van der Waals surface area contributed by atoms with Crippen LogP contribution in [-0.2, 0) is 17.3 Å². The zero-order valence-electron chi connectivity index (χ0n) is 16.0. The molecule has 5 nitrogen and oxygen atoms in total. The molecule has 2 aromatic carbocycles. The van der Waals surface area contributed by atoms with Gasteiger partial charge >= 0.3 is 6.18 Å². The number of benzene rings is 2. The largest absolute Gasteiger partial charge is 0.497 e. The summed E-state index contributed by atoms with van der Waals surface area (Å²) in [6.07, 6.45) is -12.9. The summed E-state index contributed by atoms with van der Waals surface area (Å²) in [6, 6.07) is 9.74. The standard InChI is InChI=1S/C21H22F4O5/c1-29-14-5-2-11(3-6-14)8-13-9-12(4-7-15(13)21(23,24)25)20-19(28)18(27)17(22)16(10-26)30-20/h2-7,9,16-20,26-28H,8,10H2,1H3. The van der Waals surface area contributed by atoms with Gasteiger partial charge in [-0.1, -0.05) is 24.3 Å². The quantitative estimate of drug-likeness (QED) is 0.636. The van der Waals surface area contributed by atoms with E-state index in [0.29, 0.717) is 11.3 Å². The van der Waals surface area contributed by atoms with E-state index in [2.05, 4.69) is 0 Å². The minimum atomic E-state index is -4.61. The Bertz CT molecular complexity index is 853. The van der Waals surface area contributed by atoms with Crippen LogP contribution in [0, 0.1) is 0 Å². The fraction of sp³-hybridized carbons (Fsp3) is 0.429. The van der Waals surface area contributed by atoms with Gasteiger partial charge in [0.25, 0.3) is 0 Å². The Labute approximate surface area is 170 Å². The lowest BCUT2D eigenvalue weighted by Gasteiger charge is -2.39. The van der Waals surface area contributed by atoms with Crippen molar-refractivity contribution in [2.45, 2.75) is 43.2 Å². The average molecular weight is 430 g/mol. The van der Waals surface area contributed by atoms with Crippen LogP contribution in [0.1, 0.15) is 28.4 Å². The van der Waals surface area contributed by atoms with Gasteiger partial charge in [-0.2, -0.15) is 13.2 Å². The predicted molar refractivity (Wildman–Crippen MR) is 98.9 cm³/mol. The summed E-state index contributed by atoms with van der Waals surface area (Å²) in [5.74, 6) is 0.562. The number of halogens is 4. The highest BCUT2D eigenvalue weighted by atomic mass is 19.4. The lowest BCUT2D eigenvalue weighted by molar-refractivity contribution is -0.214. The van der Waals surface area contributed by atoms with E-state index in [1.807, 2.05) is 0 Å². The van der Waals surface area contributed by atoms with Crippen LogP contribution >= 0.6 is 0 Å². The van der Waals surface area contributed by atoms with Crippen molar-refractivity contribution >= 4 is 0 Å². The number of alkyl halides is 4. The summed E-state index contributed by atoms with van der Waals surface area (Å²) in [6.45, 7) is -0.749. The second kappa shape index (κ2) is 8.89. The molecule has 1 heterocycles. The number of methoxy groups -OCH3 is 1. The monoisotopic (exact) mass is 430 g/mol. The molecule has 1 aliphatic rings. The van der Waals surface area contributed by atoms with E-state index < -0.39 is 48.9 Å². The number of hydrogen-bond acceptors (Lipinski definition) is 5. The fourth-order valence-corrected chi connectivity index (χ4v) is 3.53. The molecule has 0 aromatic heterocycles. The lowest BCUT2D eigenvalue weighted by atomic mass is 9.89. The summed E-state index contributed by atoms with van der Waals surface area (Å²) in [4.78, 5) is 0. The zero-order chi connectivity index (χ0) is 22.1. The Morgan fingerprint density at radius 2 is 1.70 bits per heavy atom. The Kier molecular flexibility index (Phi) is 6.66. The highest BCUT2D eigenvalue weighted by Gasteiger charge is 2.45. The summed E-state index contributed by atoms with van der Waals surface area (Å²) in [5.41, 5.74) is -0.183. The van der Waals surface area contributed by atoms with Crippen molar-refractivity contribution in [3.05, 3.63) is 64.7 Å². The maximum absolute atomic E-state index is 14.0. The molecule has 5 unspecified atom stereocenters. The minimum absolute atomic E-state index is 0.0623. The molecule has 2 aromatic rings. The smallest absolute Gasteiger partial charge is 0.416 e. The van der Waals surface area contributed by atoms with Crippen LogP contribution in [0.15, 0.2) is 42.5 Å². The third-order valence-corrected chi connectivity index (χ3v) is 5.16. The molecule has 0 bridgehead atoms. The molecule has 30 heavy (non-hydrogen) atoms. The van der Waals surface area contributed by atoms with Crippen molar-refractivity contribution in [3.63, 3.8) is 0 Å². The zero-order valence-corrected chi connectivity index (χ0v) is 16.0. The summed E-state index contributed by atoms with van der Waals surface area (Å²) < 4.78 is 65.0. The van der Waals surface area contributed by atoms with Gasteiger partial charge in [0, 0.05) is 0 Å². The van der Waals surface area contributed by atoms with Crippen molar-refractivity contribution in [2.24, 2.45) is 0 Å². The Balaban J connectivity index is 1.97. The molecule has 9 heteroatoms. The van der Waals surface area contributed by atoms with Crippen molar-refractivity contribution < 1.29 is 42.4 Å². The van der Waals surface area contributed by atoms with Gasteiger partial charge in [-0.3, -0.25) is 0 Å². The third kappa shape index (κ3) is 4.59. The first kappa shape index (κ1) is 22.5. The molecule has 0 saturated carbocycles. The van der Waals surface area contributed by atoms with Gasteiger partial charge in [0.05, 0.1) is 19.3 Å². The van der Waals surface area contributed by atoms with Crippen molar-refractivity contribution in [3.8, 4) is 5.75 Å². The highest BCUT2D eigenvalue weighted by molar-refractivity contribution is 5.40. The van der Waals surface area contributed by atoms with Crippen molar-refractivity contribution in [1.29, 1.82) is 0 Å². The van der Waals surface area contributed by atoms with Gasteiger partial charge in [-0.15, -0.1) is 0 Å². The molecule has 0 spiro atoms. The average Bonchev–Trinajstić information content (AvgIpc) is 2.72. The molecule has 5 atom stereocenters. The summed E-state index contributed by atoms with van der Waals surface area (Å²) in [5, 5.41) is 29.4. The molecule has 3 rings (SSSR count). The number of aliphatic hydroxyl groups is 3. The maximum Gasteiger partial charge on any atom is 0.416 e. The summed E-state index contributed by atoms with van der Waals surface area (Å²) >= 11 is 0. The Morgan fingerprint density at radius 3 is 2.27 bits per heavy atom. The van der Waals surface area contributed by atoms with Crippen molar-refractivity contribution in [1.82, 2.24) is 0 Å². The molecule has 164 valence electrons. The van der Waals surface area contributed by atoms with E-state index in [1.54, 1.807) is 24.3 Å². The molecule has 0 amide bonds. The molecular formula is C21H22F4O5. The van der Waals surface area contributed by atoms with Crippen LogP contribution in [0.3, 0.4) is 0 Å². The SMILES string of the molecule is COc1ccc(Cc2cc(C3OC(CO)C(F)C(O)C3O)ccc2C(F)(F)F)cc1. The molecule has 1 saturated heterocycles. The predicted octanol–water partition coefficient (Wildman–Crippen LogP) is 2.80. The van der Waals surface area contributed by atoms with Crippen LogP contribution in [-0.4, -0.2) is 53.5 Å². The van der Waals surface area contributed by atoms with Crippen LogP contribution in [0.25, 0.3) is 0 Å². The molecular weight excluding hydrogens is 408 g/mol. The first-order chi connectivity index (χ1) is 14.2. The van der Waals surface area contributed by atoms with Crippen LogP contribution in [0.4, 0.5) is 17.6 Å². The lowest BCUT2D eigenvalue weighted by Crippen LogP contribution is -2.53. The maximum atomic E-state index is 14.0. The third-order valence-electron chi connectivity index (χ3n) is 5.16. The molecule has 1 fully saturated rings. The first-order valence-corrected chi connectivity index (χ1v) is 9.25. The van der Waals surface area contributed by atoms with E-state index >= 15 is 0 Å². The van der Waals surface area contributed by atoms with Crippen LogP contribution < -0.4 is 4.74 Å². The van der Waals surface area contributed by atoms with E-state index in [1.165, 1.54) is 13.2 Å². The molecule has 1 aliphatic heterocycles. The van der Waals surface area contributed by atoms with E-state index in [9.17, 15) is 32.9 Å². The van der Waals surface area contributed by atoms with Gasteiger partial charge in [-0.25, -0.2) is 4.39 Å². The number of ether oxygens (including phenoxy) is 2. The van der Waals surface area contributed by atoms with Gasteiger partial charge in [0.15, 0.2) is 6.17 Å². The molecule has 0 aliphatic carbocycles. The number of aliphatic hydroxyl groups excluding tert-OH is 3. The highest BCUT2D eigenvalue weighted by Crippen LogP contribution is 2.38. The Hall–Kier alpha value is -2.20. The van der Waals surface area contributed by atoms with Gasteiger partial charge in [0.1, 0.15) is 30.2 Å². The van der Waals surface area contributed by atoms with Gasteiger partial charge < -0.3 is 24.8 Å². The van der Waals surface area contributed by atoms with E-state index in [-0.39, 0.29) is 17.5 Å². The second-order valence-electron chi connectivity index (χ2n) is 7.14. The molecule has 3 N–H and O–H groups in total. The Morgan fingerprint density at radius 1 is 1.03 bits per heavy atom. The van der Waals surface area contributed by atoms with Crippen molar-refractivity contribution in [2.75, 3.05) is 13.7 Å². The van der Waals surface area contributed by atoms with E-state index in [0.717, 1.165) is 12.1 Å². The summed E-state index contributed by atoms with van der Waals surface area (Å²) in [7, 11) is 1.48. The van der Waals surface area contributed by atoms with Crippen LogP contribution in [0.2, 0.25) is 0 Å². The van der Waals surface area contributed by atoms with Crippen LogP contribution in [0.5, 0.6) is 5.75 Å². The second-order valence-corrected chi connectivity index (χ2v) is 7.14. The van der Waals surface area contributed by atoms with Gasteiger partial charge in [0.2, 0.25) is 0 Å². The normalized spacial score (nSPS) is 27.1. The van der Waals surface area contributed by atoms with Gasteiger partial charge in [-0.05, 0) is 41.3 Å². The number of rotatable bonds is 5. The van der Waals surface area contributed by atoms with E-state index in [4.69, 9.17) is 9.47 Å². The topological polar surface area (TPSA) is 79.2 Å².